The molecule has 1 fully saturated rings. The summed E-state index contributed by atoms with van der Waals surface area (Å²) in [7, 11) is 0. The fourth-order valence-electron chi connectivity index (χ4n) is 4.31. The van der Waals surface area contributed by atoms with Gasteiger partial charge >= 0.3 is 6.29 Å². The van der Waals surface area contributed by atoms with E-state index in [0.29, 0.717) is 4.57 Å². The monoisotopic (exact) mass is 529 g/mol. The summed E-state index contributed by atoms with van der Waals surface area (Å²) in [6.45, 7) is -5.26. The number of rotatable bonds is 9. The molecule has 2 atom stereocenters. The molecule has 0 amide bonds. The molecule has 1 aliphatic heterocycles. The minimum Gasteiger partial charge on any atom is -0.395 e. The average Bonchev–Trinajstić information content (AvgIpc) is 3.62. The number of nitrogens with zero attached hydrogens (tertiary/aromatic N) is 1. The first kappa shape index (κ1) is 14.8. The summed E-state index contributed by atoms with van der Waals surface area (Å²) in [6.07, 6.45) is -9.03. The van der Waals surface area contributed by atoms with Gasteiger partial charge in [0.25, 0.3) is 0 Å². The summed E-state index contributed by atoms with van der Waals surface area (Å²) in [5.41, 5.74) is -6.22. The summed E-state index contributed by atoms with van der Waals surface area (Å²) < 4.78 is 152. The molecule has 6 nitrogen and oxygen atoms in total. The molecule has 198 valence electrons. The number of hydrogen-bond donors (Lipinski definition) is 2. The van der Waals surface area contributed by atoms with Crippen molar-refractivity contribution in [3.05, 3.63) is 58.9 Å². The Balaban J connectivity index is 1.71. The summed E-state index contributed by atoms with van der Waals surface area (Å²) in [5.74, 6) is -4.18. The predicted molar refractivity (Wildman–Crippen MR) is 131 cm³/mol. The number of aliphatic hydroxyl groups is 2. The van der Waals surface area contributed by atoms with Crippen molar-refractivity contribution in [1.29, 1.82) is 0 Å². The van der Waals surface area contributed by atoms with E-state index in [4.69, 9.17) is 16.4 Å². The van der Waals surface area contributed by atoms with Gasteiger partial charge < -0.3 is 24.3 Å². The van der Waals surface area contributed by atoms with Crippen molar-refractivity contribution in [3.8, 4) is 11.5 Å². The van der Waals surface area contributed by atoms with Crippen LogP contribution in [0, 0.1) is 5.82 Å². The van der Waals surface area contributed by atoms with Gasteiger partial charge in [-0.15, -0.1) is 8.78 Å². The normalized spacial score (nSPS) is 25.8. The first-order valence-corrected chi connectivity index (χ1v) is 11.4. The van der Waals surface area contributed by atoms with Gasteiger partial charge in [0.15, 0.2) is 11.5 Å². The highest BCUT2D eigenvalue weighted by Crippen LogP contribution is 2.52. The van der Waals surface area contributed by atoms with E-state index in [9.17, 15) is 23.8 Å². The Morgan fingerprint density at radius 3 is 2.68 bits per heavy atom. The second kappa shape index (κ2) is 8.77. The zero-order valence-electron chi connectivity index (χ0n) is 31.7. The Kier molecular flexibility index (Phi) is 3.50. The zero-order chi connectivity index (χ0) is 37.2. The number of hydrogen-bond acceptors (Lipinski definition) is 5. The van der Waals surface area contributed by atoms with E-state index in [1.165, 1.54) is 13.8 Å². The molecule has 2 aliphatic rings. The van der Waals surface area contributed by atoms with Crippen LogP contribution in [0.2, 0.25) is 0 Å². The smallest absolute Gasteiger partial charge is 0.395 e. The summed E-state index contributed by atoms with van der Waals surface area (Å²) in [6, 6.07) is -5.24. The van der Waals surface area contributed by atoms with Crippen molar-refractivity contribution in [2.45, 2.75) is 76.1 Å². The highest BCUT2D eigenvalue weighted by Gasteiger charge is 2.52. The minimum absolute atomic E-state index is 0.0626. The molecule has 1 aliphatic carbocycles. The van der Waals surface area contributed by atoms with E-state index in [1.807, 2.05) is 0 Å². The molecule has 1 saturated carbocycles. The lowest BCUT2D eigenvalue weighted by Crippen LogP contribution is -2.26. The van der Waals surface area contributed by atoms with Gasteiger partial charge in [-0.2, -0.15) is 0 Å². The zero-order valence-corrected chi connectivity index (χ0v) is 19.7. The molecule has 0 saturated heterocycles. The van der Waals surface area contributed by atoms with Crippen molar-refractivity contribution in [1.82, 2.24) is 4.57 Å². The maximum Gasteiger partial charge on any atom is 0.586 e. The highest BCUT2D eigenvalue weighted by atomic mass is 19.3. The van der Waals surface area contributed by atoms with Crippen molar-refractivity contribution in [2.24, 2.45) is 0 Å². The van der Waals surface area contributed by atoms with Gasteiger partial charge in [-0.05, 0) is 60.6 Å². The van der Waals surface area contributed by atoms with Crippen LogP contribution in [0.25, 0.3) is 10.9 Å². The van der Waals surface area contributed by atoms with Crippen LogP contribution in [-0.4, -0.2) is 39.5 Å². The topological polar surface area (TPSA) is 80.9 Å². The third kappa shape index (κ3) is 4.48. The molecule has 0 bridgehead atoms. The number of aromatic nitrogens is 1. The van der Waals surface area contributed by atoms with Crippen LogP contribution < -0.4 is 9.47 Å². The van der Waals surface area contributed by atoms with Gasteiger partial charge in [-0.25, -0.2) is 4.39 Å². The number of halogens is 3. The lowest BCUT2D eigenvalue weighted by atomic mass is 9.86. The second-order valence-electron chi connectivity index (χ2n) is 9.33. The maximum absolute atomic E-state index is 16.1. The van der Waals surface area contributed by atoms with E-state index in [-0.39, 0.29) is 19.3 Å². The van der Waals surface area contributed by atoms with Crippen LogP contribution in [-0.2, 0) is 28.6 Å². The van der Waals surface area contributed by atoms with Crippen LogP contribution in [0.15, 0.2) is 36.3 Å². The highest BCUT2D eigenvalue weighted by molar-refractivity contribution is 5.95. The molecule has 1 unspecified atom stereocenters. The van der Waals surface area contributed by atoms with Crippen molar-refractivity contribution in [3.63, 3.8) is 0 Å². The Morgan fingerprint density at radius 2 is 2.03 bits per heavy atom. The maximum atomic E-state index is 16.1. The number of carbonyl (C=O) groups is 1. The third-order valence-electron chi connectivity index (χ3n) is 6.74. The number of ether oxygens (including phenoxy) is 2. The quantitative estimate of drug-likeness (QED) is 0.409. The van der Waals surface area contributed by atoms with Crippen LogP contribution in [0.4, 0.5) is 13.2 Å². The number of benzene rings is 2. The van der Waals surface area contributed by atoms with Gasteiger partial charge in [-0.3, -0.25) is 4.79 Å². The summed E-state index contributed by atoms with van der Waals surface area (Å²) in [5, 5.41) is 19.9. The van der Waals surface area contributed by atoms with Crippen LogP contribution in [0.5, 0.6) is 11.5 Å². The molecule has 0 radical (unpaired) electrons. The SMILES string of the molecule is [2H]c1c([2H])c(C2(C(=O)Cc3c(F)c([2H])c4c(c3[2H])c([2H])c(C(C)(CC)C([2H])([2H])[2H])n4C[C@]([2H])(O)C([2H])([2H])O)CC2)c([2H])c2c1OC(F)(F)O2. The molecule has 1 aromatic heterocycles. The van der Waals surface area contributed by atoms with Crippen molar-refractivity contribution < 1.29 is 54.1 Å². The first-order chi connectivity index (χ1) is 22.2. The number of fused-ring (bicyclic) bond motifs is 2. The average molecular weight is 530 g/mol. The van der Waals surface area contributed by atoms with Gasteiger partial charge in [-0.1, -0.05) is 26.7 Å². The van der Waals surface area contributed by atoms with E-state index >= 15 is 4.39 Å². The van der Waals surface area contributed by atoms with Gasteiger partial charge in [0.1, 0.15) is 11.6 Å². The Hall–Kier alpha value is -3.04. The van der Waals surface area contributed by atoms with Gasteiger partial charge in [0.05, 0.1) is 42.5 Å². The van der Waals surface area contributed by atoms with E-state index in [0.717, 1.165) is 0 Å². The Morgan fingerprint density at radius 1 is 1.30 bits per heavy atom. The second-order valence-corrected chi connectivity index (χ2v) is 9.33. The lowest BCUT2D eigenvalue weighted by molar-refractivity contribution is -0.286. The number of Topliss-reactive ketones (excluding diaryl/α,β-unsaturated/α-hetero) is 1. The van der Waals surface area contributed by atoms with E-state index < -0.39 is 137 Å². The van der Waals surface area contributed by atoms with Crippen molar-refractivity contribution >= 4 is 16.7 Å². The minimum atomic E-state index is -4.24. The van der Waals surface area contributed by atoms with Gasteiger partial charge in [0, 0.05) is 27.0 Å². The molecule has 5 rings (SSSR count). The Bertz CT molecular complexity index is 1920. The van der Waals surface area contributed by atoms with E-state index in [1.54, 1.807) is 0 Å². The van der Waals surface area contributed by atoms with Crippen LogP contribution in [0.1, 0.15) is 73.2 Å². The molecule has 3 aromatic rings. The molecule has 2 aromatic carbocycles. The first-order valence-electron chi connectivity index (χ1n) is 17.4. The third-order valence-corrected chi connectivity index (χ3v) is 6.74. The lowest BCUT2D eigenvalue weighted by Gasteiger charge is -2.26. The molecular weight excluding hydrogens is 487 g/mol. The molecule has 2 heterocycles. The summed E-state index contributed by atoms with van der Waals surface area (Å²) >= 11 is 0. The largest absolute Gasteiger partial charge is 0.586 e. The molecule has 37 heavy (non-hydrogen) atoms. The van der Waals surface area contributed by atoms with E-state index in [2.05, 4.69) is 9.47 Å². The molecular formula is C28H30F3NO5. The number of alkyl halides is 2. The Labute approximate surface area is 229 Å². The number of ketones is 1. The van der Waals surface area contributed by atoms with Crippen molar-refractivity contribution in [2.75, 3.05) is 6.56 Å². The molecule has 0 spiro atoms. The van der Waals surface area contributed by atoms with Gasteiger partial charge in [0.2, 0.25) is 0 Å². The fourth-order valence-corrected chi connectivity index (χ4v) is 4.31. The predicted octanol–water partition coefficient (Wildman–Crippen LogP) is 4.99. The number of carbonyl (C=O) groups excluding carboxylic acids is 1. The molecule has 2 N–H and O–H groups in total. The fraction of sp³-hybridized carbons (Fsp3) is 0.464. The van der Waals surface area contributed by atoms with Crippen LogP contribution >= 0.6 is 0 Å². The van der Waals surface area contributed by atoms with Crippen LogP contribution in [0.3, 0.4) is 0 Å². The summed E-state index contributed by atoms with van der Waals surface area (Å²) in [4.78, 5) is 13.9. The molecule has 9 heteroatoms. The standard InChI is InChI=1S/C28H30F3NO5/c1-4-26(2,3)24-10-17-9-16(20(29)13-21(17)32(24)14-19(34)15-33)11-25(35)27(7-8-27)18-5-6-22-23(12-18)37-28(30,31)36-22/h5-6,9-10,12-13,19,33-34H,4,7-8,11,14-15H2,1-3H3/t19-/m0/s1/i2D3,5D,6D,9D,10D,12D,13D,15D2,19D/t19-,26?.